The second kappa shape index (κ2) is 9.10. The summed E-state index contributed by atoms with van der Waals surface area (Å²) in [5, 5.41) is 3.26. The largest absolute Gasteiger partial charge is 0.494 e. The van der Waals surface area contributed by atoms with Gasteiger partial charge in [-0.2, -0.15) is 0 Å². The van der Waals surface area contributed by atoms with Gasteiger partial charge < -0.3 is 10.1 Å². The van der Waals surface area contributed by atoms with E-state index in [1.54, 1.807) is 55.5 Å². The van der Waals surface area contributed by atoms with Gasteiger partial charge in [0.15, 0.2) is 0 Å². The van der Waals surface area contributed by atoms with Crippen LogP contribution in [-0.2, 0) is 14.8 Å². The standard InChI is InChI=1S/C19H23ClN2O4S/c1-4-18(19(23)21-15-7-6-8-17(13-15)26-5-2)22(27(3,24)25)16-11-9-14(20)10-12-16/h6-13,18H,4-5H2,1-3H3,(H,21,23)/t18-/m1/s1. The molecule has 0 unspecified atom stereocenters. The SMILES string of the molecule is CCOc1cccc(NC(=O)[C@@H](CC)N(c2ccc(Cl)cc2)S(C)(=O)=O)c1. The number of anilines is 2. The molecule has 0 heterocycles. The van der Waals surface area contributed by atoms with Crippen LogP contribution in [0.1, 0.15) is 20.3 Å². The summed E-state index contributed by atoms with van der Waals surface area (Å²) in [5.41, 5.74) is 0.918. The third kappa shape index (κ3) is 5.61. The molecule has 2 rings (SSSR count). The van der Waals surface area contributed by atoms with E-state index in [1.807, 2.05) is 6.92 Å². The molecule has 0 saturated heterocycles. The van der Waals surface area contributed by atoms with Crippen LogP contribution in [0.25, 0.3) is 0 Å². The summed E-state index contributed by atoms with van der Waals surface area (Å²) < 4.78 is 31.4. The van der Waals surface area contributed by atoms with Crippen LogP contribution in [0, 0.1) is 0 Å². The topological polar surface area (TPSA) is 75.7 Å². The fraction of sp³-hybridized carbons (Fsp3) is 0.316. The molecule has 0 radical (unpaired) electrons. The lowest BCUT2D eigenvalue weighted by atomic mass is 10.1. The van der Waals surface area contributed by atoms with Crippen LogP contribution >= 0.6 is 11.6 Å². The minimum atomic E-state index is -3.69. The van der Waals surface area contributed by atoms with Crippen molar-refractivity contribution >= 4 is 38.9 Å². The molecule has 8 heteroatoms. The highest BCUT2D eigenvalue weighted by molar-refractivity contribution is 7.92. The third-order valence-corrected chi connectivity index (χ3v) is 5.26. The summed E-state index contributed by atoms with van der Waals surface area (Å²) in [6.45, 7) is 4.14. The molecule has 1 atom stereocenters. The van der Waals surface area contributed by atoms with Gasteiger partial charge in [-0.15, -0.1) is 0 Å². The van der Waals surface area contributed by atoms with Crippen molar-refractivity contribution in [2.75, 3.05) is 22.5 Å². The first-order valence-corrected chi connectivity index (χ1v) is 10.8. The highest BCUT2D eigenvalue weighted by Crippen LogP contribution is 2.25. The maximum atomic E-state index is 12.9. The number of ether oxygens (including phenoxy) is 1. The normalized spacial score (nSPS) is 12.3. The first-order valence-electron chi connectivity index (χ1n) is 8.55. The van der Waals surface area contributed by atoms with Crippen LogP contribution in [0.15, 0.2) is 48.5 Å². The van der Waals surface area contributed by atoms with Gasteiger partial charge in [-0.25, -0.2) is 8.42 Å². The lowest BCUT2D eigenvalue weighted by molar-refractivity contribution is -0.117. The minimum absolute atomic E-state index is 0.298. The molecule has 0 aliphatic rings. The van der Waals surface area contributed by atoms with Gasteiger partial charge in [-0.05, 0) is 49.7 Å². The number of sulfonamides is 1. The molecular formula is C19H23ClN2O4S. The summed E-state index contributed by atoms with van der Waals surface area (Å²) >= 11 is 5.90. The van der Waals surface area contributed by atoms with Gasteiger partial charge in [0.2, 0.25) is 15.9 Å². The molecule has 1 amide bonds. The molecule has 2 aromatic carbocycles. The summed E-state index contributed by atoms with van der Waals surface area (Å²) in [5.74, 6) is 0.201. The number of carbonyl (C=O) groups is 1. The van der Waals surface area contributed by atoms with Crippen molar-refractivity contribution in [2.45, 2.75) is 26.3 Å². The van der Waals surface area contributed by atoms with E-state index >= 15 is 0 Å². The van der Waals surface area contributed by atoms with Crippen molar-refractivity contribution in [1.82, 2.24) is 0 Å². The van der Waals surface area contributed by atoms with E-state index in [-0.39, 0.29) is 0 Å². The minimum Gasteiger partial charge on any atom is -0.494 e. The Balaban J connectivity index is 2.32. The molecule has 27 heavy (non-hydrogen) atoms. The zero-order valence-electron chi connectivity index (χ0n) is 15.5. The molecule has 146 valence electrons. The van der Waals surface area contributed by atoms with E-state index in [0.717, 1.165) is 10.6 Å². The summed E-state index contributed by atoms with van der Waals surface area (Å²) in [4.78, 5) is 12.9. The molecule has 0 aromatic heterocycles. The van der Waals surface area contributed by atoms with Crippen molar-refractivity contribution in [3.63, 3.8) is 0 Å². The Morgan fingerprint density at radius 2 is 1.85 bits per heavy atom. The molecule has 6 nitrogen and oxygen atoms in total. The number of rotatable bonds is 8. The average molecular weight is 411 g/mol. The molecule has 1 N–H and O–H groups in total. The molecule has 2 aromatic rings. The van der Waals surface area contributed by atoms with Gasteiger partial charge in [0.1, 0.15) is 11.8 Å². The quantitative estimate of drug-likeness (QED) is 0.715. The number of benzene rings is 2. The van der Waals surface area contributed by atoms with E-state index in [1.165, 1.54) is 0 Å². The van der Waals surface area contributed by atoms with Gasteiger partial charge in [0.25, 0.3) is 0 Å². The van der Waals surface area contributed by atoms with E-state index in [2.05, 4.69) is 5.32 Å². The van der Waals surface area contributed by atoms with Gasteiger partial charge in [-0.1, -0.05) is 24.6 Å². The Morgan fingerprint density at radius 3 is 2.41 bits per heavy atom. The van der Waals surface area contributed by atoms with Gasteiger partial charge in [0.05, 0.1) is 18.6 Å². The Labute approximate surface area is 165 Å². The highest BCUT2D eigenvalue weighted by Gasteiger charge is 2.31. The number of hydrogen-bond acceptors (Lipinski definition) is 4. The number of nitrogens with zero attached hydrogens (tertiary/aromatic N) is 1. The molecule has 0 saturated carbocycles. The van der Waals surface area contributed by atoms with Crippen LogP contribution in [0.3, 0.4) is 0 Å². The van der Waals surface area contributed by atoms with Crippen LogP contribution in [0.5, 0.6) is 5.75 Å². The lowest BCUT2D eigenvalue weighted by Gasteiger charge is -2.30. The van der Waals surface area contributed by atoms with Crippen LogP contribution in [-0.4, -0.2) is 33.2 Å². The molecule has 0 spiro atoms. The molecule has 0 fully saturated rings. The number of nitrogens with one attached hydrogen (secondary N) is 1. The van der Waals surface area contributed by atoms with Gasteiger partial charge in [0, 0.05) is 16.8 Å². The van der Waals surface area contributed by atoms with Crippen LogP contribution < -0.4 is 14.4 Å². The molecular weight excluding hydrogens is 388 g/mol. The van der Waals surface area contributed by atoms with Crippen molar-refractivity contribution in [2.24, 2.45) is 0 Å². The Morgan fingerprint density at radius 1 is 1.19 bits per heavy atom. The maximum Gasteiger partial charge on any atom is 0.248 e. The third-order valence-electron chi connectivity index (χ3n) is 3.82. The van der Waals surface area contributed by atoms with Crippen molar-refractivity contribution in [1.29, 1.82) is 0 Å². The maximum absolute atomic E-state index is 12.9. The predicted octanol–water partition coefficient (Wildman–Crippen LogP) is 3.92. The second-order valence-corrected chi connectivity index (χ2v) is 8.21. The number of amides is 1. The zero-order valence-corrected chi connectivity index (χ0v) is 17.0. The Hall–Kier alpha value is -2.25. The Bertz CT molecular complexity index is 885. The zero-order chi connectivity index (χ0) is 20.0. The Kier molecular flexibility index (Phi) is 7.10. The monoisotopic (exact) mass is 410 g/mol. The second-order valence-electron chi connectivity index (χ2n) is 5.91. The van der Waals surface area contributed by atoms with Crippen molar-refractivity contribution in [3.05, 3.63) is 53.6 Å². The fourth-order valence-electron chi connectivity index (χ4n) is 2.70. The van der Waals surface area contributed by atoms with Crippen LogP contribution in [0.4, 0.5) is 11.4 Å². The number of halogens is 1. The van der Waals surface area contributed by atoms with Gasteiger partial charge >= 0.3 is 0 Å². The van der Waals surface area contributed by atoms with E-state index in [4.69, 9.17) is 16.3 Å². The molecule has 0 bridgehead atoms. The number of hydrogen-bond donors (Lipinski definition) is 1. The first-order chi connectivity index (χ1) is 12.8. The summed E-state index contributed by atoms with van der Waals surface area (Å²) in [7, 11) is -3.69. The lowest BCUT2D eigenvalue weighted by Crippen LogP contribution is -2.46. The molecule has 0 aliphatic heterocycles. The van der Waals surface area contributed by atoms with E-state index < -0.39 is 22.0 Å². The van der Waals surface area contributed by atoms with Gasteiger partial charge in [-0.3, -0.25) is 9.10 Å². The van der Waals surface area contributed by atoms with E-state index in [9.17, 15) is 13.2 Å². The van der Waals surface area contributed by atoms with Crippen molar-refractivity contribution < 1.29 is 17.9 Å². The van der Waals surface area contributed by atoms with E-state index in [0.29, 0.717) is 35.2 Å². The molecule has 0 aliphatic carbocycles. The average Bonchev–Trinajstić information content (AvgIpc) is 2.60. The number of carbonyl (C=O) groups excluding carboxylic acids is 1. The van der Waals surface area contributed by atoms with Crippen LogP contribution in [0.2, 0.25) is 5.02 Å². The fourth-order valence-corrected chi connectivity index (χ4v) is 4.04. The predicted molar refractivity (Wildman–Crippen MR) is 109 cm³/mol. The smallest absolute Gasteiger partial charge is 0.248 e. The first kappa shape index (κ1) is 21.1. The summed E-state index contributed by atoms with van der Waals surface area (Å²) in [6.07, 6.45) is 1.37. The summed E-state index contributed by atoms with van der Waals surface area (Å²) in [6, 6.07) is 12.4. The van der Waals surface area contributed by atoms with Crippen molar-refractivity contribution in [3.8, 4) is 5.75 Å². The highest BCUT2D eigenvalue weighted by atomic mass is 35.5.